The number of hydrogen-bond donors (Lipinski definition) is 0. The first-order valence-corrected chi connectivity index (χ1v) is 21.8. The van der Waals surface area contributed by atoms with Crippen molar-refractivity contribution in [2.75, 3.05) is 4.90 Å². The van der Waals surface area contributed by atoms with Gasteiger partial charge in [-0.3, -0.25) is 0 Å². The van der Waals surface area contributed by atoms with Gasteiger partial charge in [0.1, 0.15) is 0 Å². The van der Waals surface area contributed by atoms with Crippen LogP contribution in [0.1, 0.15) is 22.3 Å². The molecule has 0 unspecified atom stereocenters. The van der Waals surface area contributed by atoms with Gasteiger partial charge < -0.3 is 9.47 Å². The highest BCUT2D eigenvalue weighted by atomic mass is 15.2. The van der Waals surface area contributed by atoms with Gasteiger partial charge in [-0.2, -0.15) is 0 Å². The predicted molar refractivity (Wildman–Crippen MR) is 264 cm³/mol. The number of rotatable bonds is 8. The van der Waals surface area contributed by atoms with E-state index in [1.807, 2.05) is 0 Å². The Morgan fingerprint density at radius 2 is 0.825 bits per heavy atom. The van der Waals surface area contributed by atoms with Gasteiger partial charge in [0.15, 0.2) is 0 Å². The Hall–Kier alpha value is -8.20. The fraction of sp³-hybridized carbons (Fsp3) is 0.0164. The van der Waals surface area contributed by atoms with Gasteiger partial charge in [0.25, 0.3) is 0 Å². The van der Waals surface area contributed by atoms with Gasteiger partial charge in [0.2, 0.25) is 0 Å². The second-order valence-electron chi connectivity index (χ2n) is 16.4. The minimum absolute atomic E-state index is 0.533. The van der Waals surface area contributed by atoms with Crippen LogP contribution in [-0.4, -0.2) is 4.57 Å². The van der Waals surface area contributed by atoms with E-state index in [1.54, 1.807) is 0 Å². The van der Waals surface area contributed by atoms with E-state index in [0.717, 1.165) is 28.3 Å². The summed E-state index contributed by atoms with van der Waals surface area (Å²) < 4.78 is 2.46. The molecule has 0 saturated heterocycles. The SMILES string of the molecule is c1ccc(-c2ccc(N(c3ccc4c(c3)C(c3ccccc3)(c3ccccc3)c3ccccc3-4)c3cccc4c5ccccc5n(-c5ccc(-c6ccccc6)cc5)c34)cc2)cc1. The summed E-state index contributed by atoms with van der Waals surface area (Å²) >= 11 is 0. The lowest BCUT2D eigenvalue weighted by Crippen LogP contribution is -2.28. The zero-order chi connectivity index (χ0) is 41.7. The minimum Gasteiger partial charge on any atom is -0.308 e. The number of benzene rings is 10. The monoisotopic (exact) mass is 802 g/mol. The molecule has 0 aliphatic heterocycles. The number of para-hydroxylation sites is 2. The Labute approximate surface area is 368 Å². The number of anilines is 3. The van der Waals surface area contributed by atoms with Crippen LogP contribution >= 0.6 is 0 Å². The molecule has 1 aliphatic carbocycles. The molecule has 1 aromatic heterocycles. The smallest absolute Gasteiger partial charge is 0.0782 e. The van der Waals surface area contributed by atoms with Gasteiger partial charge in [-0.1, -0.05) is 206 Å². The normalized spacial score (nSPS) is 12.6. The molecule has 0 fully saturated rings. The summed E-state index contributed by atoms with van der Waals surface area (Å²) in [4.78, 5) is 2.48. The molecule has 10 aromatic carbocycles. The van der Waals surface area contributed by atoms with E-state index < -0.39 is 5.41 Å². The molecule has 1 heterocycles. The first-order valence-electron chi connectivity index (χ1n) is 21.8. The van der Waals surface area contributed by atoms with Crippen molar-refractivity contribution in [1.29, 1.82) is 0 Å². The Bertz CT molecular complexity index is 3370. The summed E-state index contributed by atoms with van der Waals surface area (Å²) in [5, 5.41) is 2.43. The highest BCUT2D eigenvalue weighted by Gasteiger charge is 2.46. The second-order valence-corrected chi connectivity index (χ2v) is 16.4. The highest BCUT2D eigenvalue weighted by molar-refractivity contribution is 6.14. The van der Waals surface area contributed by atoms with Crippen molar-refractivity contribution in [2.45, 2.75) is 5.41 Å². The Morgan fingerprint density at radius 3 is 1.48 bits per heavy atom. The number of hydrogen-bond acceptors (Lipinski definition) is 1. The fourth-order valence-corrected chi connectivity index (χ4v) is 10.3. The van der Waals surface area contributed by atoms with E-state index in [1.165, 1.54) is 71.9 Å². The van der Waals surface area contributed by atoms with Crippen LogP contribution in [0, 0.1) is 0 Å². The average molecular weight is 803 g/mol. The van der Waals surface area contributed by atoms with Gasteiger partial charge in [-0.05, 0) is 104 Å². The molecular weight excluding hydrogens is 761 g/mol. The van der Waals surface area contributed by atoms with Crippen LogP contribution in [0.15, 0.2) is 255 Å². The third kappa shape index (κ3) is 5.87. The average Bonchev–Trinajstić information content (AvgIpc) is 3.87. The zero-order valence-corrected chi connectivity index (χ0v) is 34.6. The standard InChI is InChI=1S/C61H42N2/c1-5-18-43(19-6-1)45-32-36-49(37-33-45)62(51-40-41-53-52-26-13-15-29-56(52)61(57(53)42-51,47-22-9-3-10-23-47)48-24-11-4-12-25-48)59-31-17-28-55-54-27-14-16-30-58(54)63(60(55)59)50-38-34-46(35-39-50)44-20-7-2-8-21-44/h1-42H. The lowest BCUT2D eigenvalue weighted by Gasteiger charge is -2.35. The Balaban J connectivity index is 1.13. The molecule has 0 saturated carbocycles. The van der Waals surface area contributed by atoms with Gasteiger partial charge in [-0.15, -0.1) is 0 Å². The summed E-state index contributed by atoms with van der Waals surface area (Å²) in [6, 6.07) is 93.3. The van der Waals surface area contributed by atoms with E-state index in [0.29, 0.717) is 0 Å². The third-order valence-electron chi connectivity index (χ3n) is 13.1. The van der Waals surface area contributed by atoms with Crippen molar-refractivity contribution in [3.05, 3.63) is 277 Å². The van der Waals surface area contributed by atoms with Crippen LogP contribution in [0.25, 0.3) is 60.9 Å². The molecule has 0 bridgehead atoms. The summed E-state index contributed by atoms with van der Waals surface area (Å²) in [6.07, 6.45) is 0. The van der Waals surface area contributed by atoms with E-state index in [9.17, 15) is 0 Å². The first kappa shape index (κ1) is 36.6. The van der Waals surface area contributed by atoms with Gasteiger partial charge in [-0.25, -0.2) is 0 Å². The van der Waals surface area contributed by atoms with Gasteiger partial charge >= 0.3 is 0 Å². The molecule has 0 radical (unpaired) electrons. The lowest BCUT2D eigenvalue weighted by atomic mass is 9.67. The van der Waals surface area contributed by atoms with Gasteiger partial charge in [0.05, 0.1) is 22.1 Å². The maximum atomic E-state index is 2.48. The maximum absolute atomic E-state index is 2.48. The molecule has 0 amide bonds. The van der Waals surface area contributed by atoms with E-state index in [-0.39, 0.29) is 0 Å². The maximum Gasteiger partial charge on any atom is 0.0782 e. The van der Waals surface area contributed by atoms with E-state index in [2.05, 4.69) is 264 Å². The number of fused-ring (bicyclic) bond motifs is 6. The molecular formula is C61H42N2. The number of nitrogens with zero attached hydrogens (tertiary/aromatic N) is 2. The van der Waals surface area contributed by atoms with Crippen LogP contribution in [0.4, 0.5) is 17.1 Å². The fourth-order valence-electron chi connectivity index (χ4n) is 10.3. The minimum atomic E-state index is -0.533. The van der Waals surface area contributed by atoms with Crippen LogP contribution in [-0.2, 0) is 5.41 Å². The topological polar surface area (TPSA) is 8.17 Å². The van der Waals surface area contributed by atoms with Crippen LogP contribution in [0.3, 0.4) is 0 Å². The van der Waals surface area contributed by atoms with Crippen molar-refractivity contribution in [2.24, 2.45) is 0 Å². The van der Waals surface area contributed by atoms with Crippen molar-refractivity contribution in [3.8, 4) is 39.1 Å². The molecule has 296 valence electrons. The van der Waals surface area contributed by atoms with Crippen molar-refractivity contribution in [1.82, 2.24) is 4.57 Å². The summed E-state index contributed by atoms with van der Waals surface area (Å²) in [7, 11) is 0. The molecule has 2 heteroatoms. The Morgan fingerprint density at radius 1 is 0.333 bits per heavy atom. The molecule has 2 nitrogen and oxygen atoms in total. The molecule has 0 N–H and O–H groups in total. The largest absolute Gasteiger partial charge is 0.308 e. The quantitative estimate of drug-likeness (QED) is 0.149. The van der Waals surface area contributed by atoms with Crippen molar-refractivity contribution >= 4 is 38.9 Å². The van der Waals surface area contributed by atoms with Crippen LogP contribution in [0.2, 0.25) is 0 Å². The molecule has 12 rings (SSSR count). The number of aromatic nitrogens is 1. The first-order chi connectivity index (χ1) is 31.3. The second kappa shape index (κ2) is 15.1. The summed E-state index contributed by atoms with van der Waals surface area (Å²) in [5.41, 5.74) is 18.6. The highest BCUT2D eigenvalue weighted by Crippen LogP contribution is 2.57. The van der Waals surface area contributed by atoms with Crippen LogP contribution < -0.4 is 4.90 Å². The molecule has 1 aliphatic rings. The van der Waals surface area contributed by atoms with Crippen molar-refractivity contribution in [3.63, 3.8) is 0 Å². The summed E-state index contributed by atoms with van der Waals surface area (Å²) in [5.74, 6) is 0. The van der Waals surface area contributed by atoms with E-state index in [4.69, 9.17) is 0 Å². The molecule has 0 spiro atoms. The Kier molecular flexibility index (Phi) is 8.76. The van der Waals surface area contributed by atoms with Gasteiger partial charge in [0, 0.05) is 27.8 Å². The van der Waals surface area contributed by atoms with Crippen LogP contribution in [0.5, 0.6) is 0 Å². The molecule has 11 aromatic rings. The van der Waals surface area contributed by atoms with E-state index >= 15 is 0 Å². The third-order valence-corrected chi connectivity index (χ3v) is 13.1. The molecule has 63 heavy (non-hydrogen) atoms. The summed E-state index contributed by atoms with van der Waals surface area (Å²) in [6.45, 7) is 0. The zero-order valence-electron chi connectivity index (χ0n) is 34.6. The lowest BCUT2D eigenvalue weighted by molar-refractivity contribution is 0.768. The predicted octanol–water partition coefficient (Wildman–Crippen LogP) is 16.0. The molecule has 0 atom stereocenters. The van der Waals surface area contributed by atoms with Crippen molar-refractivity contribution < 1.29 is 0 Å².